The van der Waals surface area contributed by atoms with E-state index in [-0.39, 0.29) is 5.91 Å². The molecule has 126 valence electrons. The molecule has 1 fully saturated rings. The van der Waals surface area contributed by atoms with Gasteiger partial charge in [-0.3, -0.25) is 4.79 Å². The van der Waals surface area contributed by atoms with Crippen LogP contribution in [0.2, 0.25) is 10.0 Å². The van der Waals surface area contributed by atoms with E-state index < -0.39 is 0 Å². The Bertz CT molecular complexity index is 726. The number of nitrogens with zero attached hydrogens (tertiary/aromatic N) is 1. The van der Waals surface area contributed by atoms with Gasteiger partial charge in [0.25, 0.3) is 5.91 Å². The highest BCUT2D eigenvalue weighted by molar-refractivity contribution is 6.31. The van der Waals surface area contributed by atoms with E-state index >= 15 is 0 Å². The molecule has 3 rings (SSSR count). The smallest absolute Gasteiger partial charge is 0.255 e. The van der Waals surface area contributed by atoms with Crippen LogP contribution in [0.4, 0.5) is 11.4 Å². The van der Waals surface area contributed by atoms with Crippen molar-refractivity contribution in [2.75, 3.05) is 43.4 Å². The van der Waals surface area contributed by atoms with Crippen LogP contribution < -0.4 is 15.1 Å². The number of carbonyl (C=O) groups is 1. The lowest BCUT2D eigenvalue weighted by atomic mass is 10.1. The minimum absolute atomic E-state index is 0.171. The van der Waals surface area contributed by atoms with E-state index in [9.17, 15) is 4.79 Å². The summed E-state index contributed by atoms with van der Waals surface area (Å²) in [5.41, 5.74) is 2.31. The zero-order valence-corrected chi connectivity index (χ0v) is 15.0. The first kappa shape index (κ1) is 17.1. The molecule has 0 saturated carbocycles. The van der Waals surface area contributed by atoms with Crippen LogP contribution in [0.5, 0.6) is 0 Å². The summed E-state index contributed by atoms with van der Waals surface area (Å²) >= 11 is 12.0. The Kier molecular flexibility index (Phi) is 5.29. The average Bonchev–Trinajstić information content (AvgIpc) is 2.57. The molecule has 2 aromatic rings. The summed E-state index contributed by atoms with van der Waals surface area (Å²) < 4.78 is 0. The minimum atomic E-state index is -0.171. The second-order valence-electron chi connectivity index (χ2n) is 6.07. The van der Waals surface area contributed by atoms with E-state index in [2.05, 4.69) is 17.3 Å². The van der Waals surface area contributed by atoms with Crippen LogP contribution in [0.25, 0.3) is 0 Å². The Labute approximate surface area is 152 Å². The van der Waals surface area contributed by atoms with Crippen LogP contribution in [0, 0.1) is 0 Å². The molecule has 1 aliphatic heterocycles. The van der Waals surface area contributed by atoms with Gasteiger partial charge in [-0.25, -0.2) is 0 Å². The Morgan fingerprint density at radius 1 is 1.04 bits per heavy atom. The third kappa shape index (κ3) is 4.01. The van der Waals surface area contributed by atoms with Crippen molar-refractivity contribution in [1.82, 2.24) is 0 Å². The molecule has 1 heterocycles. The lowest BCUT2D eigenvalue weighted by molar-refractivity contribution is -0.880. The molecular weight excluding hydrogens is 345 g/mol. The number of carbonyl (C=O) groups excluding carboxylic acids is 1. The topological polar surface area (TPSA) is 36.8 Å². The van der Waals surface area contributed by atoms with Gasteiger partial charge in [-0.15, -0.1) is 0 Å². The lowest BCUT2D eigenvalue weighted by Gasteiger charge is -2.33. The highest BCUT2D eigenvalue weighted by Crippen LogP contribution is 2.29. The third-order valence-electron chi connectivity index (χ3n) is 4.27. The van der Waals surface area contributed by atoms with E-state index in [1.807, 2.05) is 12.1 Å². The van der Waals surface area contributed by atoms with Gasteiger partial charge in [0.15, 0.2) is 0 Å². The van der Waals surface area contributed by atoms with Gasteiger partial charge in [-0.2, -0.15) is 0 Å². The van der Waals surface area contributed by atoms with Crippen LogP contribution >= 0.6 is 23.2 Å². The van der Waals surface area contributed by atoms with Crippen molar-refractivity contribution in [1.29, 1.82) is 0 Å². The Balaban J connectivity index is 1.82. The largest absolute Gasteiger partial charge is 0.359 e. The van der Waals surface area contributed by atoms with Crippen LogP contribution in [0.1, 0.15) is 10.4 Å². The van der Waals surface area contributed by atoms with Gasteiger partial charge in [0.1, 0.15) is 0 Å². The summed E-state index contributed by atoms with van der Waals surface area (Å²) in [6.07, 6.45) is 0. The minimum Gasteiger partial charge on any atom is -0.359 e. The molecule has 0 aromatic heterocycles. The van der Waals surface area contributed by atoms with Crippen molar-refractivity contribution in [3.63, 3.8) is 0 Å². The van der Waals surface area contributed by atoms with Gasteiger partial charge in [0.2, 0.25) is 0 Å². The Morgan fingerprint density at radius 3 is 2.33 bits per heavy atom. The predicted octanol–water partition coefficient (Wildman–Crippen LogP) is 2.58. The predicted molar refractivity (Wildman–Crippen MR) is 99.7 cm³/mol. The van der Waals surface area contributed by atoms with Crippen molar-refractivity contribution in [3.05, 3.63) is 58.1 Å². The molecule has 1 amide bonds. The molecule has 1 aliphatic rings. The van der Waals surface area contributed by atoms with Gasteiger partial charge in [-0.05, 0) is 42.5 Å². The average molecular weight is 365 g/mol. The van der Waals surface area contributed by atoms with E-state index in [1.54, 1.807) is 30.3 Å². The highest BCUT2D eigenvalue weighted by Gasteiger charge is 2.20. The second-order valence-corrected chi connectivity index (χ2v) is 6.94. The molecule has 0 atom stereocenters. The van der Waals surface area contributed by atoms with Gasteiger partial charge < -0.3 is 15.1 Å². The number of piperazine rings is 1. The fourth-order valence-electron chi connectivity index (χ4n) is 2.81. The number of anilines is 2. The monoisotopic (exact) mass is 364 g/mol. The first-order chi connectivity index (χ1) is 11.5. The van der Waals surface area contributed by atoms with E-state index in [0.717, 1.165) is 37.6 Å². The molecule has 0 aliphatic carbocycles. The SMILES string of the molecule is C[NH+]1CCN(c2ccc(Cl)cc2NC(=O)c2ccc(Cl)cc2)CC1. The molecule has 6 heteroatoms. The number of benzene rings is 2. The molecule has 2 aromatic carbocycles. The van der Waals surface area contributed by atoms with E-state index in [1.165, 1.54) is 4.90 Å². The summed E-state index contributed by atoms with van der Waals surface area (Å²) in [5, 5.41) is 4.19. The maximum atomic E-state index is 12.5. The first-order valence-electron chi connectivity index (χ1n) is 7.95. The summed E-state index contributed by atoms with van der Waals surface area (Å²) in [7, 11) is 2.20. The molecular formula is C18H20Cl2N3O+. The maximum absolute atomic E-state index is 12.5. The molecule has 0 spiro atoms. The van der Waals surface area contributed by atoms with Crippen molar-refractivity contribution < 1.29 is 9.69 Å². The summed E-state index contributed by atoms with van der Waals surface area (Å²) in [6, 6.07) is 12.5. The second kappa shape index (κ2) is 7.43. The van der Waals surface area contributed by atoms with Gasteiger partial charge in [-0.1, -0.05) is 23.2 Å². The first-order valence-corrected chi connectivity index (χ1v) is 8.71. The quantitative estimate of drug-likeness (QED) is 0.877. The molecule has 4 nitrogen and oxygen atoms in total. The zero-order valence-electron chi connectivity index (χ0n) is 13.5. The number of amides is 1. The molecule has 1 saturated heterocycles. The highest BCUT2D eigenvalue weighted by atomic mass is 35.5. The fraction of sp³-hybridized carbons (Fsp3) is 0.278. The molecule has 0 bridgehead atoms. The third-order valence-corrected chi connectivity index (χ3v) is 4.76. The number of quaternary nitrogens is 1. The van der Waals surface area contributed by atoms with Crippen molar-refractivity contribution in [2.24, 2.45) is 0 Å². The summed E-state index contributed by atoms with van der Waals surface area (Å²) in [5.74, 6) is -0.171. The Hall–Kier alpha value is -1.75. The van der Waals surface area contributed by atoms with Crippen molar-refractivity contribution >= 4 is 40.5 Å². The molecule has 0 radical (unpaired) electrons. The lowest BCUT2D eigenvalue weighted by Crippen LogP contribution is -3.12. The summed E-state index contributed by atoms with van der Waals surface area (Å²) in [6.45, 7) is 4.06. The van der Waals surface area contributed by atoms with Gasteiger partial charge >= 0.3 is 0 Å². The van der Waals surface area contributed by atoms with E-state index in [0.29, 0.717) is 15.6 Å². The number of rotatable bonds is 3. The molecule has 2 N–H and O–H groups in total. The number of halogens is 2. The van der Waals surface area contributed by atoms with E-state index in [4.69, 9.17) is 23.2 Å². The Morgan fingerprint density at radius 2 is 1.67 bits per heavy atom. The van der Waals surface area contributed by atoms with Crippen LogP contribution in [-0.2, 0) is 0 Å². The number of hydrogen-bond donors (Lipinski definition) is 2. The molecule has 0 unspecified atom stereocenters. The summed E-state index contributed by atoms with van der Waals surface area (Å²) in [4.78, 5) is 16.3. The maximum Gasteiger partial charge on any atom is 0.255 e. The van der Waals surface area contributed by atoms with Gasteiger partial charge in [0, 0.05) is 15.6 Å². The van der Waals surface area contributed by atoms with Gasteiger partial charge in [0.05, 0.1) is 44.6 Å². The zero-order chi connectivity index (χ0) is 17.1. The molecule has 24 heavy (non-hydrogen) atoms. The van der Waals surface area contributed by atoms with Crippen molar-refractivity contribution in [2.45, 2.75) is 0 Å². The standard InChI is InChI=1S/C18H19Cl2N3O/c1-22-8-10-23(11-9-22)17-7-6-15(20)12-16(17)21-18(24)13-2-4-14(19)5-3-13/h2-7,12H,8-11H2,1H3,(H,21,24)/p+1. The van der Waals surface area contributed by atoms with Crippen LogP contribution in [0.3, 0.4) is 0 Å². The normalized spacial score (nSPS) is 15.4. The number of likely N-dealkylation sites (N-methyl/N-ethyl adjacent to an activating group) is 1. The fourth-order valence-corrected chi connectivity index (χ4v) is 3.11. The van der Waals surface area contributed by atoms with Crippen LogP contribution in [-0.4, -0.2) is 39.1 Å². The van der Waals surface area contributed by atoms with Crippen molar-refractivity contribution in [3.8, 4) is 0 Å². The number of hydrogen-bond acceptors (Lipinski definition) is 2. The number of nitrogens with one attached hydrogen (secondary N) is 2. The van der Waals surface area contributed by atoms with Crippen LogP contribution in [0.15, 0.2) is 42.5 Å².